The molecular weight excluding hydrogens is 426 g/mol. The Kier molecular flexibility index (Phi) is 7.52. The third-order valence-corrected chi connectivity index (χ3v) is 5.67. The van der Waals surface area contributed by atoms with Gasteiger partial charge in [-0.1, -0.05) is 44.2 Å². The van der Waals surface area contributed by atoms with Gasteiger partial charge in [-0.25, -0.2) is 15.0 Å². The van der Waals surface area contributed by atoms with Crippen LogP contribution in [0.4, 0.5) is 5.82 Å². The second-order valence-electron chi connectivity index (χ2n) is 7.98. The zero-order chi connectivity index (χ0) is 23.9. The van der Waals surface area contributed by atoms with Crippen molar-refractivity contribution in [3.8, 4) is 17.3 Å². The average Bonchev–Trinajstić information content (AvgIpc) is 3.54. The van der Waals surface area contributed by atoms with E-state index in [1.165, 1.54) is 11.1 Å². The summed E-state index contributed by atoms with van der Waals surface area (Å²) >= 11 is 0. The van der Waals surface area contributed by atoms with E-state index < -0.39 is 0 Å². The van der Waals surface area contributed by atoms with Crippen molar-refractivity contribution in [2.75, 3.05) is 19.1 Å². The largest absolute Gasteiger partial charge is 0.497 e. The van der Waals surface area contributed by atoms with Crippen molar-refractivity contribution < 1.29 is 9.15 Å². The fourth-order valence-electron chi connectivity index (χ4n) is 4.09. The van der Waals surface area contributed by atoms with Crippen LogP contribution in [-0.2, 0) is 25.8 Å². The number of ether oxygens (including phenoxy) is 1. The molecule has 7 heteroatoms. The lowest BCUT2D eigenvalue weighted by Crippen LogP contribution is -2.20. The number of aromatic nitrogens is 4. The second kappa shape index (κ2) is 10.9. The Morgan fingerprint density at radius 1 is 1.03 bits per heavy atom. The van der Waals surface area contributed by atoms with Crippen molar-refractivity contribution >= 4 is 5.82 Å². The minimum absolute atomic E-state index is 0.531. The molecule has 0 saturated carbocycles. The van der Waals surface area contributed by atoms with Gasteiger partial charge in [0.05, 0.1) is 19.3 Å². The van der Waals surface area contributed by atoms with Crippen LogP contribution in [0.2, 0.25) is 0 Å². The third-order valence-electron chi connectivity index (χ3n) is 5.67. The molecular formula is C27H31N5O2. The van der Waals surface area contributed by atoms with Gasteiger partial charge in [-0.15, -0.1) is 0 Å². The number of hydrogen-bond donors (Lipinski definition) is 0. The Labute approximate surface area is 200 Å². The van der Waals surface area contributed by atoms with Gasteiger partial charge in [0, 0.05) is 37.0 Å². The summed E-state index contributed by atoms with van der Waals surface area (Å²) < 4.78 is 11.1. The number of hydrogen-bond acceptors (Lipinski definition) is 7. The van der Waals surface area contributed by atoms with Gasteiger partial charge in [0.1, 0.15) is 23.5 Å². The van der Waals surface area contributed by atoms with Crippen LogP contribution in [0.25, 0.3) is 11.5 Å². The first-order valence-corrected chi connectivity index (χ1v) is 11.8. The molecule has 0 amide bonds. The first-order chi connectivity index (χ1) is 16.7. The summed E-state index contributed by atoms with van der Waals surface area (Å²) in [6, 6.07) is 14.0. The number of oxazole rings is 1. The number of nitrogens with zero attached hydrogens (tertiary/aromatic N) is 5. The van der Waals surface area contributed by atoms with Crippen molar-refractivity contribution in [1.29, 1.82) is 0 Å². The van der Waals surface area contributed by atoms with E-state index in [0.29, 0.717) is 24.0 Å². The number of aryl methyl sites for hydroxylation is 1. The van der Waals surface area contributed by atoms with Crippen molar-refractivity contribution in [2.45, 2.75) is 46.1 Å². The normalized spacial score (nSPS) is 12.0. The molecule has 7 nitrogen and oxygen atoms in total. The number of pyridine rings is 1. The Balaban J connectivity index is 0.00000133. The first-order valence-electron chi connectivity index (χ1n) is 11.8. The summed E-state index contributed by atoms with van der Waals surface area (Å²) in [5.41, 5.74) is 5.14. The maximum atomic E-state index is 5.77. The molecule has 1 aliphatic carbocycles. The Morgan fingerprint density at radius 2 is 1.85 bits per heavy atom. The number of fused-ring (bicyclic) bond motifs is 1. The van der Waals surface area contributed by atoms with Crippen LogP contribution in [-0.4, -0.2) is 34.1 Å². The van der Waals surface area contributed by atoms with E-state index in [-0.39, 0.29) is 0 Å². The van der Waals surface area contributed by atoms with E-state index >= 15 is 0 Å². The summed E-state index contributed by atoms with van der Waals surface area (Å²) in [6.45, 7) is 4.53. The lowest BCUT2D eigenvalue weighted by molar-refractivity contribution is 0.414. The molecule has 1 aliphatic rings. The second-order valence-corrected chi connectivity index (χ2v) is 7.98. The zero-order valence-corrected chi connectivity index (χ0v) is 20.3. The van der Waals surface area contributed by atoms with Crippen LogP contribution in [0.1, 0.15) is 48.7 Å². The van der Waals surface area contributed by atoms with Crippen molar-refractivity contribution in [2.24, 2.45) is 0 Å². The van der Waals surface area contributed by atoms with Crippen molar-refractivity contribution in [1.82, 2.24) is 19.9 Å². The Bertz CT molecular complexity index is 1220. The smallest absolute Gasteiger partial charge is 0.213 e. The summed E-state index contributed by atoms with van der Waals surface area (Å²) in [5, 5.41) is 0. The first kappa shape index (κ1) is 23.4. The van der Waals surface area contributed by atoms with Crippen LogP contribution in [0, 0.1) is 0 Å². The number of rotatable bonds is 7. The average molecular weight is 458 g/mol. The van der Waals surface area contributed by atoms with Crippen LogP contribution in [0.3, 0.4) is 0 Å². The van der Waals surface area contributed by atoms with Gasteiger partial charge in [-0.2, -0.15) is 0 Å². The molecule has 0 fully saturated rings. The van der Waals surface area contributed by atoms with E-state index in [1.807, 2.05) is 51.2 Å². The highest BCUT2D eigenvalue weighted by molar-refractivity contribution is 5.59. The predicted molar refractivity (Wildman–Crippen MR) is 133 cm³/mol. The van der Waals surface area contributed by atoms with Gasteiger partial charge in [0.2, 0.25) is 5.89 Å². The van der Waals surface area contributed by atoms with Gasteiger partial charge in [0.15, 0.2) is 5.82 Å². The number of methoxy groups -OCH3 is 1. The highest BCUT2D eigenvalue weighted by Gasteiger charge is 2.23. The standard InChI is InChI=1S/C25H25N5O2.C2H6/c1-30(15-23-27-18(16-32-23)13-17-7-4-3-5-8-17)25-20-9-6-10-21(20)28-24(29-25)22-14-19(31-2)11-12-26-22;1-2/h3-5,7-8,11-12,14,16H,6,9-10,13,15H2,1-2H3;1-2H3. The molecule has 0 radical (unpaired) electrons. The molecule has 3 heterocycles. The number of benzene rings is 1. The minimum Gasteiger partial charge on any atom is -0.497 e. The van der Waals surface area contributed by atoms with Crippen molar-refractivity contribution in [3.63, 3.8) is 0 Å². The highest BCUT2D eigenvalue weighted by atomic mass is 16.5. The fourth-order valence-corrected chi connectivity index (χ4v) is 4.09. The fraction of sp³-hybridized carbons (Fsp3) is 0.333. The lowest BCUT2D eigenvalue weighted by Gasteiger charge is -2.20. The molecule has 1 aromatic carbocycles. The predicted octanol–water partition coefficient (Wildman–Crippen LogP) is 5.28. The van der Waals surface area contributed by atoms with E-state index in [4.69, 9.17) is 19.1 Å². The zero-order valence-electron chi connectivity index (χ0n) is 20.3. The molecule has 0 atom stereocenters. The Morgan fingerprint density at radius 3 is 2.65 bits per heavy atom. The van der Waals surface area contributed by atoms with Crippen LogP contribution in [0.15, 0.2) is 59.3 Å². The molecule has 5 rings (SSSR count). The molecule has 0 spiro atoms. The summed E-state index contributed by atoms with van der Waals surface area (Å²) in [4.78, 5) is 20.9. The molecule has 4 aromatic rings. The molecule has 0 bridgehead atoms. The van der Waals surface area contributed by atoms with Gasteiger partial charge in [-0.3, -0.25) is 4.98 Å². The summed E-state index contributed by atoms with van der Waals surface area (Å²) in [5.74, 6) is 2.93. The molecule has 0 aliphatic heterocycles. The maximum Gasteiger partial charge on any atom is 0.213 e. The van der Waals surface area contributed by atoms with Gasteiger partial charge < -0.3 is 14.1 Å². The number of anilines is 1. The monoisotopic (exact) mass is 457 g/mol. The van der Waals surface area contributed by atoms with Gasteiger partial charge in [-0.05, 0) is 30.9 Å². The van der Waals surface area contributed by atoms with Crippen LogP contribution in [0.5, 0.6) is 5.75 Å². The lowest BCUT2D eigenvalue weighted by atomic mass is 10.1. The van der Waals surface area contributed by atoms with Gasteiger partial charge >= 0.3 is 0 Å². The molecule has 0 N–H and O–H groups in total. The Hall–Kier alpha value is -3.74. The quantitative estimate of drug-likeness (QED) is 0.374. The van der Waals surface area contributed by atoms with Crippen LogP contribution < -0.4 is 9.64 Å². The molecule has 34 heavy (non-hydrogen) atoms. The SMILES string of the molecule is CC.COc1ccnc(-c2nc3c(c(N(C)Cc4nc(Cc5ccccc5)co4)n2)CCC3)c1. The third kappa shape index (κ3) is 5.25. The highest BCUT2D eigenvalue weighted by Crippen LogP contribution is 2.31. The van der Waals surface area contributed by atoms with Crippen LogP contribution >= 0.6 is 0 Å². The summed E-state index contributed by atoms with van der Waals surface area (Å²) in [6.07, 6.45) is 7.23. The topological polar surface area (TPSA) is 77.2 Å². The molecule has 0 unspecified atom stereocenters. The molecule has 176 valence electrons. The van der Waals surface area contributed by atoms with E-state index in [0.717, 1.165) is 48.6 Å². The maximum absolute atomic E-state index is 5.77. The molecule has 3 aromatic heterocycles. The van der Waals surface area contributed by atoms with E-state index in [9.17, 15) is 0 Å². The van der Waals surface area contributed by atoms with Crippen molar-refractivity contribution in [3.05, 3.63) is 83.3 Å². The molecule has 0 saturated heterocycles. The van der Waals surface area contributed by atoms with E-state index in [1.54, 1.807) is 19.6 Å². The minimum atomic E-state index is 0.531. The summed E-state index contributed by atoms with van der Waals surface area (Å²) in [7, 11) is 3.66. The van der Waals surface area contributed by atoms with E-state index in [2.05, 4.69) is 27.0 Å². The van der Waals surface area contributed by atoms with Gasteiger partial charge in [0.25, 0.3) is 0 Å².